The highest BCUT2D eigenvalue weighted by Crippen LogP contribution is 2.25. The highest BCUT2D eigenvalue weighted by molar-refractivity contribution is 6.42. The average molecular weight is 403 g/mol. The maximum absolute atomic E-state index is 12.6. The van der Waals surface area contributed by atoms with E-state index in [1.54, 1.807) is 12.1 Å². The normalized spacial score (nSPS) is 11.7. The lowest BCUT2D eigenvalue weighted by Crippen LogP contribution is -2.29. The number of aromatic nitrogens is 2. The molecular formula is C19H16Cl2N4O2. The fraction of sp³-hybridized carbons (Fsp3) is 0.105. The van der Waals surface area contributed by atoms with Crippen molar-refractivity contribution in [3.63, 3.8) is 0 Å². The second-order valence-electron chi connectivity index (χ2n) is 5.81. The Morgan fingerprint density at radius 2 is 1.78 bits per heavy atom. The molecule has 3 N–H and O–H groups in total. The number of nitrogens with one attached hydrogen (secondary N) is 3. The quantitative estimate of drug-likeness (QED) is 0.588. The van der Waals surface area contributed by atoms with Crippen LogP contribution in [0.25, 0.3) is 0 Å². The number of hydrogen-bond acceptors (Lipinski definition) is 3. The van der Waals surface area contributed by atoms with Gasteiger partial charge in [0.2, 0.25) is 0 Å². The zero-order chi connectivity index (χ0) is 19.4. The van der Waals surface area contributed by atoms with Gasteiger partial charge in [0.05, 0.1) is 22.4 Å². The molecule has 0 aliphatic heterocycles. The van der Waals surface area contributed by atoms with Crippen LogP contribution in [0.4, 0.5) is 5.69 Å². The molecule has 0 radical (unpaired) electrons. The minimum Gasteiger partial charge on any atom is -0.344 e. The number of rotatable bonds is 5. The third kappa shape index (κ3) is 4.48. The van der Waals surface area contributed by atoms with Crippen molar-refractivity contribution in [2.45, 2.75) is 13.0 Å². The zero-order valence-corrected chi connectivity index (χ0v) is 15.8. The van der Waals surface area contributed by atoms with Crippen LogP contribution in [-0.2, 0) is 0 Å². The molecule has 0 saturated carbocycles. The van der Waals surface area contributed by atoms with Crippen LogP contribution < -0.4 is 10.6 Å². The Morgan fingerprint density at radius 3 is 2.48 bits per heavy atom. The molecule has 0 aliphatic rings. The first kappa shape index (κ1) is 18.9. The van der Waals surface area contributed by atoms with E-state index in [0.717, 1.165) is 5.56 Å². The second kappa shape index (κ2) is 8.24. The van der Waals surface area contributed by atoms with Crippen LogP contribution in [-0.4, -0.2) is 21.8 Å². The number of carbonyl (C=O) groups excluding carboxylic acids is 2. The van der Waals surface area contributed by atoms with E-state index in [-0.39, 0.29) is 17.4 Å². The Labute approximate surface area is 165 Å². The van der Waals surface area contributed by atoms with Crippen LogP contribution >= 0.6 is 23.2 Å². The molecule has 0 bridgehead atoms. The Bertz CT molecular complexity index is 973. The molecule has 1 aromatic heterocycles. The number of imidazole rings is 1. The van der Waals surface area contributed by atoms with E-state index in [2.05, 4.69) is 20.6 Å². The Hall–Kier alpha value is -2.83. The van der Waals surface area contributed by atoms with Crippen molar-refractivity contribution in [3.8, 4) is 0 Å². The van der Waals surface area contributed by atoms with Gasteiger partial charge in [-0.15, -0.1) is 0 Å². The number of carbonyl (C=O) groups is 2. The van der Waals surface area contributed by atoms with Gasteiger partial charge in [0, 0.05) is 5.69 Å². The monoisotopic (exact) mass is 402 g/mol. The Balaban J connectivity index is 1.73. The van der Waals surface area contributed by atoms with Gasteiger partial charge in [0.25, 0.3) is 11.8 Å². The van der Waals surface area contributed by atoms with Gasteiger partial charge >= 0.3 is 0 Å². The van der Waals surface area contributed by atoms with E-state index in [0.29, 0.717) is 15.7 Å². The van der Waals surface area contributed by atoms with Crippen molar-refractivity contribution in [3.05, 3.63) is 81.9 Å². The Morgan fingerprint density at radius 1 is 1.04 bits per heavy atom. The number of amides is 2. The number of anilines is 1. The molecule has 6 nitrogen and oxygen atoms in total. The lowest BCUT2D eigenvalue weighted by molar-refractivity contribution is 0.0923. The van der Waals surface area contributed by atoms with Crippen LogP contribution in [0.2, 0.25) is 10.0 Å². The largest absolute Gasteiger partial charge is 0.344 e. The van der Waals surface area contributed by atoms with Crippen molar-refractivity contribution in [2.75, 3.05) is 5.32 Å². The first-order valence-electron chi connectivity index (χ1n) is 8.11. The molecule has 2 aromatic carbocycles. The standard InChI is InChI=1S/C19H16Cl2N4O2/c1-11(12-5-3-2-4-6-12)24-18(26)16-17(23-10-22-16)19(27)25-13-7-8-14(20)15(21)9-13/h2-11H,1H3,(H,22,23)(H,24,26)(H,25,27)/t11-/m1/s1. The number of hydrogen-bond donors (Lipinski definition) is 3. The molecule has 27 heavy (non-hydrogen) atoms. The van der Waals surface area contributed by atoms with Crippen LogP contribution in [0.15, 0.2) is 54.9 Å². The molecule has 138 valence electrons. The van der Waals surface area contributed by atoms with Crippen molar-refractivity contribution in [1.82, 2.24) is 15.3 Å². The summed E-state index contributed by atoms with van der Waals surface area (Å²) in [5.41, 5.74) is 1.46. The first-order chi connectivity index (χ1) is 13.0. The maximum atomic E-state index is 12.6. The molecule has 0 fully saturated rings. The number of benzene rings is 2. The molecule has 3 aromatic rings. The average Bonchev–Trinajstić information content (AvgIpc) is 3.15. The minimum absolute atomic E-state index is 0.0150. The molecule has 0 spiro atoms. The summed E-state index contributed by atoms with van der Waals surface area (Å²) in [6.45, 7) is 1.86. The van der Waals surface area contributed by atoms with E-state index < -0.39 is 11.8 Å². The van der Waals surface area contributed by atoms with Gasteiger partial charge in [-0.05, 0) is 30.7 Å². The van der Waals surface area contributed by atoms with E-state index in [1.165, 1.54) is 12.4 Å². The second-order valence-corrected chi connectivity index (χ2v) is 6.63. The van der Waals surface area contributed by atoms with Crippen molar-refractivity contribution in [2.24, 2.45) is 0 Å². The summed E-state index contributed by atoms with van der Waals surface area (Å²) in [5.74, 6) is -0.963. The summed E-state index contributed by atoms with van der Waals surface area (Å²) >= 11 is 11.8. The minimum atomic E-state index is -0.535. The summed E-state index contributed by atoms with van der Waals surface area (Å²) in [5, 5.41) is 6.18. The lowest BCUT2D eigenvalue weighted by Gasteiger charge is -2.14. The SMILES string of the molecule is C[C@@H](NC(=O)c1[nH]cnc1C(=O)Nc1ccc(Cl)c(Cl)c1)c1ccccc1. The molecular weight excluding hydrogens is 387 g/mol. The molecule has 2 amide bonds. The number of halogens is 2. The van der Waals surface area contributed by atoms with Gasteiger partial charge in [-0.2, -0.15) is 0 Å². The third-order valence-corrected chi connectivity index (χ3v) is 4.65. The topological polar surface area (TPSA) is 86.9 Å². The van der Waals surface area contributed by atoms with Gasteiger partial charge in [-0.25, -0.2) is 4.98 Å². The first-order valence-corrected chi connectivity index (χ1v) is 8.87. The number of aromatic amines is 1. The predicted octanol–water partition coefficient (Wildman–Crippen LogP) is 4.46. The highest BCUT2D eigenvalue weighted by Gasteiger charge is 2.22. The number of H-pyrrole nitrogens is 1. The van der Waals surface area contributed by atoms with Crippen molar-refractivity contribution in [1.29, 1.82) is 0 Å². The van der Waals surface area contributed by atoms with Gasteiger partial charge < -0.3 is 15.6 Å². The van der Waals surface area contributed by atoms with Crippen LogP contribution in [0.1, 0.15) is 39.5 Å². The lowest BCUT2D eigenvalue weighted by atomic mass is 10.1. The molecule has 0 aliphatic carbocycles. The zero-order valence-electron chi connectivity index (χ0n) is 14.3. The highest BCUT2D eigenvalue weighted by atomic mass is 35.5. The van der Waals surface area contributed by atoms with Crippen molar-refractivity contribution >= 4 is 40.7 Å². The molecule has 3 rings (SSSR count). The Kier molecular flexibility index (Phi) is 5.78. The fourth-order valence-corrected chi connectivity index (χ4v) is 2.80. The fourth-order valence-electron chi connectivity index (χ4n) is 2.50. The summed E-state index contributed by atoms with van der Waals surface area (Å²) in [6.07, 6.45) is 1.30. The molecule has 8 heteroatoms. The maximum Gasteiger partial charge on any atom is 0.276 e. The number of nitrogens with zero attached hydrogens (tertiary/aromatic N) is 1. The molecule has 1 heterocycles. The van der Waals surface area contributed by atoms with E-state index >= 15 is 0 Å². The van der Waals surface area contributed by atoms with Gasteiger partial charge in [-0.3, -0.25) is 9.59 Å². The summed E-state index contributed by atoms with van der Waals surface area (Å²) in [7, 11) is 0. The van der Waals surface area contributed by atoms with Gasteiger partial charge in [0.1, 0.15) is 5.69 Å². The van der Waals surface area contributed by atoms with Gasteiger partial charge in [-0.1, -0.05) is 53.5 Å². The predicted molar refractivity (Wildman–Crippen MR) is 105 cm³/mol. The molecule has 0 unspecified atom stereocenters. The van der Waals surface area contributed by atoms with E-state index in [9.17, 15) is 9.59 Å². The summed E-state index contributed by atoms with van der Waals surface area (Å²) in [6, 6.07) is 14.0. The molecule has 1 atom stereocenters. The van der Waals surface area contributed by atoms with E-state index in [1.807, 2.05) is 37.3 Å². The summed E-state index contributed by atoms with van der Waals surface area (Å²) in [4.78, 5) is 31.8. The van der Waals surface area contributed by atoms with Crippen molar-refractivity contribution < 1.29 is 9.59 Å². The smallest absolute Gasteiger partial charge is 0.276 e. The van der Waals surface area contributed by atoms with Crippen LogP contribution in [0, 0.1) is 0 Å². The van der Waals surface area contributed by atoms with Crippen LogP contribution in [0.3, 0.4) is 0 Å². The third-order valence-electron chi connectivity index (χ3n) is 3.91. The van der Waals surface area contributed by atoms with E-state index in [4.69, 9.17) is 23.2 Å². The van der Waals surface area contributed by atoms with Crippen LogP contribution in [0.5, 0.6) is 0 Å². The van der Waals surface area contributed by atoms with Gasteiger partial charge in [0.15, 0.2) is 5.69 Å². The molecule has 0 saturated heterocycles. The summed E-state index contributed by atoms with van der Waals surface area (Å²) < 4.78 is 0.